The highest BCUT2D eigenvalue weighted by Gasteiger charge is 2.37. The van der Waals surface area contributed by atoms with E-state index >= 15 is 0 Å². The second-order valence-electron chi connectivity index (χ2n) is 8.32. The maximum atomic E-state index is 13.3. The van der Waals surface area contributed by atoms with Crippen molar-refractivity contribution in [2.24, 2.45) is 0 Å². The van der Waals surface area contributed by atoms with Crippen LogP contribution in [0.2, 0.25) is 5.02 Å². The molecule has 4 amide bonds. The number of nitro benzene ring substituents is 1. The van der Waals surface area contributed by atoms with Crippen molar-refractivity contribution in [3.05, 3.63) is 95.6 Å². The Morgan fingerprint density at radius 1 is 1.10 bits per heavy atom. The van der Waals surface area contributed by atoms with Crippen LogP contribution in [0.15, 0.2) is 60.2 Å². The average molecular weight is 662 g/mol. The van der Waals surface area contributed by atoms with Gasteiger partial charge >= 0.3 is 6.03 Å². The smallest absolute Gasteiger partial charge is 0.335 e. The number of carbonyl (C=O) groups excluding carboxylic acids is 3. The number of urea groups is 1. The number of nitro groups is 1. The fraction of sp³-hybridized carbons (Fsp3) is 0.148. The molecular formula is C27H21ClIN3O7. The van der Waals surface area contributed by atoms with Gasteiger partial charge in [-0.1, -0.05) is 29.8 Å². The highest BCUT2D eigenvalue weighted by Crippen LogP contribution is 2.36. The lowest BCUT2D eigenvalue weighted by atomic mass is 10.1. The Bertz CT molecular complexity index is 1540. The molecule has 0 aromatic heterocycles. The van der Waals surface area contributed by atoms with Gasteiger partial charge in [0.1, 0.15) is 12.2 Å². The van der Waals surface area contributed by atoms with Crippen molar-refractivity contribution in [3.8, 4) is 11.5 Å². The highest BCUT2D eigenvalue weighted by atomic mass is 127. The lowest BCUT2D eigenvalue weighted by Gasteiger charge is -2.27. The zero-order valence-corrected chi connectivity index (χ0v) is 23.6. The Labute approximate surface area is 241 Å². The first-order valence-electron chi connectivity index (χ1n) is 11.6. The van der Waals surface area contributed by atoms with E-state index in [1.54, 1.807) is 56.3 Å². The van der Waals surface area contributed by atoms with Gasteiger partial charge in [0.15, 0.2) is 11.5 Å². The molecule has 39 heavy (non-hydrogen) atoms. The maximum absolute atomic E-state index is 13.3. The lowest BCUT2D eigenvalue weighted by Crippen LogP contribution is -2.54. The SMILES string of the molecule is CCOc1cc(/C=C2\C(=O)NC(=O)N(c3cccc(Cl)c3C)C2=O)cc(I)c1OCc1cccc([N+](=O)[O-])c1. The maximum Gasteiger partial charge on any atom is 0.335 e. The summed E-state index contributed by atoms with van der Waals surface area (Å²) in [7, 11) is 0. The fourth-order valence-corrected chi connectivity index (χ4v) is 4.82. The summed E-state index contributed by atoms with van der Waals surface area (Å²) >= 11 is 8.21. The minimum atomic E-state index is -0.873. The summed E-state index contributed by atoms with van der Waals surface area (Å²) in [6.07, 6.45) is 1.37. The van der Waals surface area contributed by atoms with Crippen LogP contribution >= 0.6 is 34.2 Å². The molecule has 3 aromatic carbocycles. The van der Waals surface area contributed by atoms with Crippen molar-refractivity contribution in [3.63, 3.8) is 0 Å². The largest absolute Gasteiger partial charge is 0.490 e. The van der Waals surface area contributed by atoms with E-state index in [0.717, 1.165) is 4.90 Å². The number of hydrogen-bond donors (Lipinski definition) is 1. The molecule has 0 saturated carbocycles. The van der Waals surface area contributed by atoms with Crippen LogP contribution in [0.3, 0.4) is 0 Å². The molecule has 1 fully saturated rings. The summed E-state index contributed by atoms with van der Waals surface area (Å²) in [5, 5.41) is 13.6. The lowest BCUT2D eigenvalue weighted by molar-refractivity contribution is -0.384. The topological polar surface area (TPSA) is 128 Å². The van der Waals surface area contributed by atoms with Crippen molar-refractivity contribution < 1.29 is 28.8 Å². The van der Waals surface area contributed by atoms with Crippen LogP contribution in [0, 0.1) is 20.6 Å². The molecule has 1 heterocycles. The number of hydrogen-bond acceptors (Lipinski definition) is 7. The molecule has 0 radical (unpaired) electrons. The number of anilines is 1. The average Bonchev–Trinajstić information content (AvgIpc) is 2.88. The van der Waals surface area contributed by atoms with E-state index in [4.69, 9.17) is 21.1 Å². The van der Waals surface area contributed by atoms with Crippen LogP contribution in [-0.4, -0.2) is 29.4 Å². The molecule has 0 aliphatic carbocycles. The van der Waals surface area contributed by atoms with Crippen molar-refractivity contribution in [1.82, 2.24) is 5.32 Å². The minimum Gasteiger partial charge on any atom is -0.490 e. The van der Waals surface area contributed by atoms with E-state index in [1.807, 2.05) is 22.6 Å². The molecule has 1 saturated heterocycles. The summed E-state index contributed by atoms with van der Waals surface area (Å²) in [5.41, 5.74) is 1.53. The first-order valence-corrected chi connectivity index (χ1v) is 13.1. The number of amides is 4. The Morgan fingerprint density at radius 3 is 2.56 bits per heavy atom. The van der Waals surface area contributed by atoms with Crippen LogP contribution < -0.4 is 19.7 Å². The minimum absolute atomic E-state index is 0.0475. The van der Waals surface area contributed by atoms with E-state index in [2.05, 4.69) is 5.32 Å². The molecule has 3 aromatic rings. The first-order chi connectivity index (χ1) is 18.6. The zero-order valence-electron chi connectivity index (χ0n) is 20.7. The Balaban J connectivity index is 1.67. The molecule has 4 rings (SSSR count). The third kappa shape index (κ3) is 6.04. The molecular weight excluding hydrogens is 641 g/mol. The van der Waals surface area contributed by atoms with Crippen LogP contribution in [-0.2, 0) is 16.2 Å². The predicted octanol–water partition coefficient (Wildman–Crippen LogP) is 5.81. The number of halogens is 2. The van der Waals surface area contributed by atoms with Crippen molar-refractivity contribution in [2.45, 2.75) is 20.5 Å². The van der Waals surface area contributed by atoms with Crippen molar-refractivity contribution in [2.75, 3.05) is 11.5 Å². The van der Waals surface area contributed by atoms with Gasteiger partial charge in [0.2, 0.25) is 0 Å². The summed E-state index contributed by atoms with van der Waals surface area (Å²) in [6, 6.07) is 13.3. The standard InChI is InChI=1S/C27H21ClIN3O7/c1-3-38-23-13-17(12-21(29)24(23)39-14-16-6-4-7-18(10-16)32(36)37)11-19-25(33)30-27(35)31(26(19)34)22-9-5-8-20(28)15(22)2/h4-13H,3,14H2,1-2H3,(H,30,33,35)/b19-11+. The van der Waals surface area contributed by atoms with Gasteiger partial charge in [-0.3, -0.25) is 25.0 Å². The van der Waals surface area contributed by atoms with E-state index < -0.39 is 22.8 Å². The molecule has 1 aliphatic heterocycles. The predicted molar refractivity (Wildman–Crippen MR) is 153 cm³/mol. The number of benzene rings is 3. The monoisotopic (exact) mass is 661 g/mol. The molecule has 12 heteroatoms. The molecule has 0 bridgehead atoms. The third-order valence-corrected chi connectivity index (χ3v) is 6.94. The van der Waals surface area contributed by atoms with Gasteiger partial charge in [0.25, 0.3) is 17.5 Å². The van der Waals surface area contributed by atoms with Gasteiger partial charge in [-0.25, -0.2) is 9.69 Å². The van der Waals surface area contributed by atoms with Gasteiger partial charge in [-0.15, -0.1) is 0 Å². The molecule has 200 valence electrons. The molecule has 0 spiro atoms. The molecule has 1 aliphatic rings. The van der Waals surface area contributed by atoms with Gasteiger partial charge in [0.05, 0.1) is 20.8 Å². The second kappa shape index (κ2) is 11.8. The summed E-state index contributed by atoms with van der Waals surface area (Å²) in [6.45, 7) is 3.81. The summed E-state index contributed by atoms with van der Waals surface area (Å²) in [5.74, 6) is -0.881. The Kier molecular flexibility index (Phi) is 8.51. The van der Waals surface area contributed by atoms with Gasteiger partial charge in [-0.2, -0.15) is 0 Å². The van der Waals surface area contributed by atoms with Gasteiger partial charge < -0.3 is 9.47 Å². The number of carbonyl (C=O) groups is 3. The van der Waals surface area contributed by atoms with Gasteiger partial charge in [-0.05, 0) is 83.5 Å². The number of nitrogens with zero attached hydrogens (tertiary/aromatic N) is 2. The number of ether oxygens (including phenoxy) is 2. The van der Waals surface area contributed by atoms with E-state index in [1.165, 1.54) is 18.2 Å². The van der Waals surface area contributed by atoms with Crippen molar-refractivity contribution >= 4 is 69.5 Å². The Hall–Kier alpha value is -3.97. The molecule has 0 atom stereocenters. The molecule has 10 nitrogen and oxygen atoms in total. The van der Waals surface area contributed by atoms with Crippen LogP contribution in [0.4, 0.5) is 16.2 Å². The normalized spacial score (nSPS) is 14.4. The van der Waals surface area contributed by atoms with Crippen molar-refractivity contribution in [1.29, 1.82) is 0 Å². The molecule has 0 unspecified atom stereocenters. The first kappa shape index (κ1) is 28.0. The number of nitrogens with one attached hydrogen (secondary N) is 1. The fourth-order valence-electron chi connectivity index (χ4n) is 3.87. The van der Waals surface area contributed by atoms with Gasteiger partial charge in [0, 0.05) is 17.2 Å². The number of barbiturate groups is 1. The van der Waals surface area contributed by atoms with E-state index in [0.29, 0.717) is 43.4 Å². The second-order valence-corrected chi connectivity index (χ2v) is 9.89. The quantitative estimate of drug-likeness (QED) is 0.106. The third-order valence-electron chi connectivity index (χ3n) is 5.73. The summed E-state index contributed by atoms with van der Waals surface area (Å²) in [4.78, 5) is 50.1. The van der Waals surface area contributed by atoms with E-state index in [9.17, 15) is 24.5 Å². The zero-order chi connectivity index (χ0) is 28.3. The van der Waals surface area contributed by atoms with Crippen LogP contribution in [0.1, 0.15) is 23.6 Å². The molecule has 1 N–H and O–H groups in total. The highest BCUT2D eigenvalue weighted by molar-refractivity contribution is 14.1. The summed E-state index contributed by atoms with van der Waals surface area (Å²) < 4.78 is 12.3. The number of imide groups is 2. The number of non-ortho nitro benzene ring substituents is 1. The van der Waals surface area contributed by atoms with Crippen LogP contribution in [0.5, 0.6) is 11.5 Å². The van der Waals surface area contributed by atoms with Crippen LogP contribution in [0.25, 0.3) is 6.08 Å². The number of rotatable bonds is 8. The van der Waals surface area contributed by atoms with E-state index in [-0.39, 0.29) is 23.6 Å². The Morgan fingerprint density at radius 2 is 1.85 bits per heavy atom.